The molecule has 0 aliphatic carbocycles. The lowest BCUT2D eigenvalue weighted by atomic mass is 9.94. The second-order valence-corrected chi connectivity index (χ2v) is 9.59. The summed E-state index contributed by atoms with van der Waals surface area (Å²) in [6.07, 6.45) is 3.37. The van der Waals surface area contributed by atoms with E-state index in [1.165, 1.54) is 11.8 Å². The highest BCUT2D eigenvalue weighted by Gasteiger charge is 2.19. The van der Waals surface area contributed by atoms with E-state index in [1.54, 1.807) is 24.3 Å². The molecule has 1 unspecified atom stereocenters. The smallest absolute Gasteiger partial charge is 0.251 e. The van der Waals surface area contributed by atoms with Gasteiger partial charge in [-0.05, 0) is 41.2 Å². The minimum absolute atomic E-state index is 0.0202. The zero-order chi connectivity index (χ0) is 20.0. The third kappa shape index (κ3) is 6.51. The molecule has 1 N–H and O–H groups in total. The number of carbonyl (C=O) groups is 1. The highest BCUT2D eigenvalue weighted by molar-refractivity contribution is 7.89. The molecule has 5 heteroatoms. The van der Waals surface area contributed by atoms with Crippen LogP contribution in [0.1, 0.15) is 60.3 Å². The Morgan fingerprint density at radius 1 is 0.963 bits per heavy atom. The monoisotopic (exact) mass is 387 g/mol. The van der Waals surface area contributed by atoms with E-state index in [4.69, 9.17) is 0 Å². The summed E-state index contributed by atoms with van der Waals surface area (Å²) in [5.74, 6) is 0.0703. The van der Waals surface area contributed by atoms with E-state index >= 15 is 0 Å². The van der Waals surface area contributed by atoms with Crippen LogP contribution in [0.5, 0.6) is 0 Å². The molecule has 1 atom stereocenters. The Labute approximate surface area is 162 Å². The zero-order valence-corrected chi connectivity index (χ0v) is 17.3. The first-order valence-electron chi connectivity index (χ1n) is 9.36. The molecule has 0 saturated heterocycles. The average molecular weight is 388 g/mol. The molecule has 0 saturated carbocycles. The number of nitrogens with one attached hydrogen (secondary N) is 1. The van der Waals surface area contributed by atoms with Gasteiger partial charge in [-0.2, -0.15) is 0 Å². The Morgan fingerprint density at radius 3 is 2.00 bits per heavy atom. The first-order chi connectivity index (χ1) is 12.7. The largest absolute Gasteiger partial charge is 0.345 e. The molecule has 0 heterocycles. The molecule has 4 nitrogen and oxygen atoms in total. The van der Waals surface area contributed by atoms with E-state index in [0.717, 1.165) is 18.4 Å². The molecule has 0 aromatic heterocycles. The van der Waals surface area contributed by atoms with Gasteiger partial charge in [0.05, 0.1) is 11.8 Å². The van der Waals surface area contributed by atoms with E-state index in [2.05, 4.69) is 50.4 Å². The van der Waals surface area contributed by atoms with E-state index < -0.39 is 9.84 Å². The molecule has 146 valence electrons. The number of benzene rings is 2. The summed E-state index contributed by atoms with van der Waals surface area (Å²) < 4.78 is 22.8. The number of hydrogen-bond acceptors (Lipinski definition) is 3. The van der Waals surface area contributed by atoms with Crippen molar-refractivity contribution in [1.82, 2.24) is 5.32 Å². The summed E-state index contributed by atoms with van der Waals surface area (Å²) in [7, 11) is -3.08. The van der Waals surface area contributed by atoms with Gasteiger partial charge in [0.2, 0.25) is 0 Å². The summed E-state index contributed by atoms with van der Waals surface area (Å²) in [6, 6.07) is 15.1. The van der Waals surface area contributed by atoms with Crippen LogP contribution < -0.4 is 5.32 Å². The molecule has 0 aliphatic rings. The Bertz CT molecular complexity index is 853. The molecule has 0 spiro atoms. The SMILES string of the molecule is CCCc1ccc(C(NC(=O)c2ccc(CS(C)(=O)=O)cc2)C(C)C)cc1. The van der Waals surface area contributed by atoms with Gasteiger partial charge in [-0.15, -0.1) is 0 Å². The number of hydrogen-bond donors (Lipinski definition) is 1. The van der Waals surface area contributed by atoms with E-state index in [1.807, 2.05) is 0 Å². The van der Waals surface area contributed by atoms with Crippen LogP contribution in [0, 0.1) is 5.92 Å². The lowest BCUT2D eigenvalue weighted by Crippen LogP contribution is -2.31. The van der Waals surface area contributed by atoms with E-state index in [-0.39, 0.29) is 23.6 Å². The fraction of sp³-hybridized carbons (Fsp3) is 0.409. The topological polar surface area (TPSA) is 63.2 Å². The number of carbonyl (C=O) groups excluding carboxylic acids is 1. The molecule has 1 amide bonds. The molecular formula is C22H29NO3S. The van der Waals surface area contributed by atoms with Crippen molar-refractivity contribution in [2.45, 2.75) is 45.4 Å². The first kappa shape index (κ1) is 21.2. The number of aryl methyl sites for hydroxylation is 1. The predicted octanol–water partition coefficient (Wildman–Crippen LogP) is 4.31. The van der Waals surface area contributed by atoms with Crippen molar-refractivity contribution in [3.63, 3.8) is 0 Å². The lowest BCUT2D eigenvalue weighted by Gasteiger charge is -2.23. The maximum atomic E-state index is 12.7. The van der Waals surface area contributed by atoms with Gasteiger partial charge in [-0.1, -0.05) is 63.6 Å². The summed E-state index contributed by atoms with van der Waals surface area (Å²) in [4.78, 5) is 12.7. The molecule has 0 radical (unpaired) electrons. The third-order valence-corrected chi connectivity index (χ3v) is 5.33. The van der Waals surface area contributed by atoms with Crippen LogP contribution in [-0.2, 0) is 22.0 Å². The Hall–Kier alpha value is -2.14. The molecule has 2 aromatic rings. The lowest BCUT2D eigenvalue weighted by molar-refractivity contribution is 0.0925. The van der Waals surface area contributed by atoms with Crippen molar-refractivity contribution in [3.8, 4) is 0 Å². The summed E-state index contributed by atoms with van der Waals surface area (Å²) >= 11 is 0. The minimum Gasteiger partial charge on any atom is -0.345 e. The highest BCUT2D eigenvalue weighted by Crippen LogP contribution is 2.23. The van der Waals surface area contributed by atoms with Gasteiger partial charge < -0.3 is 5.32 Å². The van der Waals surface area contributed by atoms with Crippen LogP contribution in [-0.4, -0.2) is 20.6 Å². The minimum atomic E-state index is -3.08. The van der Waals surface area contributed by atoms with Crippen molar-refractivity contribution < 1.29 is 13.2 Å². The van der Waals surface area contributed by atoms with Crippen LogP contribution in [0.3, 0.4) is 0 Å². The Balaban J connectivity index is 2.12. The van der Waals surface area contributed by atoms with Gasteiger partial charge in [-0.3, -0.25) is 4.79 Å². The summed E-state index contributed by atoms with van der Waals surface area (Å²) in [6.45, 7) is 6.33. The van der Waals surface area contributed by atoms with Gasteiger partial charge in [0, 0.05) is 11.8 Å². The predicted molar refractivity (Wildman–Crippen MR) is 110 cm³/mol. The summed E-state index contributed by atoms with van der Waals surface area (Å²) in [5.41, 5.74) is 3.60. The van der Waals surface area contributed by atoms with Crippen molar-refractivity contribution in [2.75, 3.05) is 6.26 Å². The number of sulfone groups is 1. The van der Waals surface area contributed by atoms with Gasteiger partial charge in [-0.25, -0.2) is 8.42 Å². The normalized spacial score (nSPS) is 12.8. The van der Waals surface area contributed by atoms with Crippen molar-refractivity contribution in [1.29, 1.82) is 0 Å². The molecule has 2 rings (SSSR count). The van der Waals surface area contributed by atoms with Gasteiger partial charge >= 0.3 is 0 Å². The van der Waals surface area contributed by atoms with Gasteiger partial charge in [0.15, 0.2) is 9.84 Å². The van der Waals surface area contributed by atoms with Crippen molar-refractivity contribution in [2.24, 2.45) is 5.92 Å². The maximum absolute atomic E-state index is 12.7. The quantitative estimate of drug-likeness (QED) is 0.734. The summed E-state index contributed by atoms with van der Waals surface area (Å²) in [5, 5.41) is 3.11. The van der Waals surface area contributed by atoms with Crippen LogP contribution in [0.25, 0.3) is 0 Å². The van der Waals surface area contributed by atoms with Crippen molar-refractivity contribution in [3.05, 3.63) is 70.8 Å². The number of amides is 1. The highest BCUT2D eigenvalue weighted by atomic mass is 32.2. The molecular weight excluding hydrogens is 358 g/mol. The molecule has 0 bridgehead atoms. The average Bonchev–Trinajstić information content (AvgIpc) is 2.59. The standard InChI is InChI=1S/C22H29NO3S/c1-5-6-17-7-11-19(12-8-17)21(16(2)3)23-22(24)20-13-9-18(10-14-20)15-27(4,25)26/h7-14,16,21H,5-6,15H2,1-4H3,(H,23,24). The fourth-order valence-electron chi connectivity index (χ4n) is 3.09. The van der Waals surface area contributed by atoms with Crippen LogP contribution in [0.15, 0.2) is 48.5 Å². The molecule has 27 heavy (non-hydrogen) atoms. The van der Waals surface area contributed by atoms with Crippen molar-refractivity contribution >= 4 is 15.7 Å². The number of rotatable bonds is 8. The fourth-order valence-corrected chi connectivity index (χ4v) is 3.89. The Kier molecular flexibility index (Phi) is 7.19. The van der Waals surface area contributed by atoms with Crippen LogP contribution in [0.4, 0.5) is 0 Å². The van der Waals surface area contributed by atoms with E-state index in [9.17, 15) is 13.2 Å². The second-order valence-electron chi connectivity index (χ2n) is 7.45. The van der Waals surface area contributed by atoms with Crippen LogP contribution >= 0.6 is 0 Å². The molecule has 0 fully saturated rings. The zero-order valence-electron chi connectivity index (χ0n) is 16.5. The van der Waals surface area contributed by atoms with Gasteiger partial charge in [0.1, 0.15) is 0 Å². The van der Waals surface area contributed by atoms with E-state index in [0.29, 0.717) is 11.1 Å². The Morgan fingerprint density at radius 2 is 1.52 bits per heavy atom. The maximum Gasteiger partial charge on any atom is 0.251 e. The molecule has 2 aromatic carbocycles. The first-order valence-corrected chi connectivity index (χ1v) is 11.4. The van der Waals surface area contributed by atoms with Crippen LogP contribution in [0.2, 0.25) is 0 Å². The molecule has 0 aliphatic heterocycles. The third-order valence-electron chi connectivity index (χ3n) is 4.48. The van der Waals surface area contributed by atoms with Gasteiger partial charge in [0.25, 0.3) is 5.91 Å². The second kappa shape index (κ2) is 9.18.